The Hall–Kier alpha value is -1.85. The minimum atomic E-state index is -0.340. The van der Waals surface area contributed by atoms with E-state index >= 15 is 0 Å². The van der Waals surface area contributed by atoms with Crippen molar-refractivity contribution in [2.24, 2.45) is 5.92 Å². The summed E-state index contributed by atoms with van der Waals surface area (Å²) in [5.41, 5.74) is 1.84. The third-order valence-corrected chi connectivity index (χ3v) is 5.71. The van der Waals surface area contributed by atoms with Crippen molar-refractivity contribution < 1.29 is 9.53 Å². The van der Waals surface area contributed by atoms with Crippen LogP contribution in [0.15, 0.2) is 41.8 Å². The molecule has 1 amide bonds. The van der Waals surface area contributed by atoms with Gasteiger partial charge in [-0.25, -0.2) is 4.79 Å². The Kier molecular flexibility index (Phi) is 4.06. The number of nitrogens with zero attached hydrogens (tertiary/aromatic N) is 1. The normalized spacial score (nSPS) is 26.0. The van der Waals surface area contributed by atoms with E-state index in [1.165, 1.54) is 0 Å². The standard InChI is InChI=1S/C18H20N2O2S/c21-18(22-16-12-20-9-7-13(16)8-10-20)19-15-5-2-1-4-14(15)17-6-3-11-23-17/h1-6,11,13,16H,7-10,12H2,(H,19,21)/t16-/m0/s1. The van der Waals surface area contributed by atoms with E-state index in [2.05, 4.69) is 16.3 Å². The quantitative estimate of drug-likeness (QED) is 0.924. The van der Waals surface area contributed by atoms with Crippen molar-refractivity contribution in [3.05, 3.63) is 41.8 Å². The van der Waals surface area contributed by atoms with Crippen LogP contribution in [0.5, 0.6) is 0 Å². The van der Waals surface area contributed by atoms with Gasteiger partial charge in [0.1, 0.15) is 6.10 Å². The molecule has 4 nitrogen and oxygen atoms in total. The Morgan fingerprint density at radius 2 is 2.00 bits per heavy atom. The van der Waals surface area contributed by atoms with E-state index in [1.807, 2.05) is 35.7 Å². The van der Waals surface area contributed by atoms with Crippen LogP contribution in [0.25, 0.3) is 10.4 Å². The van der Waals surface area contributed by atoms with Gasteiger partial charge in [-0.2, -0.15) is 0 Å². The minimum absolute atomic E-state index is 0.0337. The Balaban J connectivity index is 1.45. The molecule has 2 bridgehead atoms. The number of rotatable bonds is 3. The molecule has 0 unspecified atom stereocenters. The molecule has 1 atom stereocenters. The summed E-state index contributed by atoms with van der Waals surface area (Å²) in [4.78, 5) is 15.9. The number of hydrogen-bond acceptors (Lipinski definition) is 4. The number of ether oxygens (including phenoxy) is 1. The first kappa shape index (κ1) is 14.7. The molecule has 3 saturated heterocycles. The monoisotopic (exact) mass is 328 g/mol. The average Bonchev–Trinajstić information content (AvgIpc) is 3.11. The summed E-state index contributed by atoms with van der Waals surface area (Å²) in [5, 5.41) is 4.97. The lowest BCUT2D eigenvalue weighted by atomic mass is 9.86. The van der Waals surface area contributed by atoms with Crippen LogP contribution in [0.3, 0.4) is 0 Å². The first-order chi connectivity index (χ1) is 11.3. The van der Waals surface area contributed by atoms with Crippen LogP contribution in [-0.2, 0) is 4.74 Å². The molecule has 4 heterocycles. The number of amides is 1. The fourth-order valence-electron chi connectivity index (χ4n) is 3.56. The maximum absolute atomic E-state index is 12.3. The van der Waals surface area contributed by atoms with Crippen LogP contribution < -0.4 is 5.32 Å². The molecule has 3 aliphatic rings. The fraction of sp³-hybridized carbons (Fsp3) is 0.389. The van der Waals surface area contributed by atoms with Crippen LogP contribution >= 0.6 is 11.3 Å². The predicted molar refractivity (Wildman–Crippen MR) is 92.8 cm³/mol. The Morgan fingerprint density at radius 1 is 1.17 bits per heavy atom. The minimum Gasteiger partial charge on any atom is -0.444 e. The van der Waals surface area contributed by atoms with Gasteiger partial charge in [-0.1, -0.05) is 24.3 Å². The molecular formula is C18H20N2O2S. The van der Waals surface area contributed by atoms with E-state index in [9.17, 15) is 4.79 Å². The molecule has 0 radical (unpaired) electrons. The molecule has 3 aliphatic heterocycles. The van der Waals surface area contributed by atoms with Crippen LogP contribution in [0.4, 0.5) is 10.5 Å². The second-order valence-electron chi connectivity index (χ2n) is 6.23. The number of anilines is 1. The third-order valence-electron chi connectivity index (χ3n) is 4.81. The first-order valence-electron chi connectivity index (χ1n) is 8.12. The maximum Gasteiger partial charge on any atom is 0.411 e. The molecule has 23 heavy (non-hydrogen) atoms. The summed E-state index contributed by atoms with van der Waals surface area (Å²) in [6, 6.07) is 11.9. The van der Waals surface area contributed by atoms with Gasteiger partial charge < -0.3 is 4.74 Å². The highest BCUT2D eigenvalue weighted by molar-refractivity contribution is 7.13. The summed E-state index contributed by atoms with van der Waals surface area (Å²) >= 11 is 1.66. The van der Waals surface area contributed by atoms with E-state index in [4.69, 9.17) is 4.74 Å². The fourth-order valence-corrected chi connectivity index (χ4v) is 4.33. The highest BCUT2D eigenvalue weighted by Crippen LogP contribution is 2.32. The number of piperidine rings is 3. The summed E-state index contributed by atoms with van der Waals surface area (Å²) in [6.07, 6.45) is 1.98. The summed E-state index contributed by atoms with van der Waals surface area (Å²) in [5.74, 6) is 0.526. The van der Waals surface area contributed by atoms with Crippen LogP contribution in [0.1, 0.15) is 12.8 Å². The van der Waals surface area contributed by atoms with Gasteiger partial charge in [0.25, 0.3) is 0 Å². The molecule has 120 valence electrons. The molecule has 1 N–H and O–H groups in total. The second-order valence-corrected chi connectivity index (χ2v) is 7.18. The zero-order valence-corrected chi connectivity index (χ0v) is 13.7. The number of thiophene rings is 1. The highest BCUT2D eigenvalue weighted by atomic mass is 32.1. The molecular weight excluding hydrogens is 308 g/mol. The van der Waals surface area contributed by atoms with Gasteiger partial charge in [0, 0.05) is 17.0 Å². The van der Waals surface area contributed by atoms with Crippen LogP contribution in [0, 0.1) is 5.92 Å². The first-order valence-corrected chi connectivity index (χ1v) is 9.00. The van der Waals surface area contributed by atoms with E-state index < -0.39 is 0 Å². The van der Waals surface area contributed by atoms with Crippen molar-refractivity contribution in [3.63, 3.8) is 0 Å². The second kappa shape index (κ2) is 6.34. The number of fused-ring (bicyclic) bond motifs is 3. The molecule has 5 rings (SSSR count). The lowest BCUT2D eigenvalue weighted by molar-refractivity contribution is -0.0289. The lowest BCUT2D eigenvalue weighted by Crippen LogP contribution is -2.52. The van der Waals surface area contributed by atoms with E-state index in [0.29, 0.717) is 5.92 Å². The molecule has 0 aliphatic carbocycles. The Labute approximate surface area is 140 Å². The van der Waals surface area contributed by atoms with Gasteiger partial charge in [0.05, 0.1) is 5.69 Å². The SMILES string of the molecule is O=C(Nc1ccccc1-c1cccs1)O[C@H]1CN2CCC1CC2. The molecule has 1 aromatic heterocycles. The molecule has 2 aromatic rings. The van der Waals surface area contributed by atoms with Crippen molar-refractivity contribution >= 4 is 23.1 Å². The van der Waals surface area contributed by atoms with Crippen LogP contribution in [0.2, 0.25) is 0 Å². The number of carbonyl (C=O) groups is 1. The topological polar surface area (TPSA) is 41.6 Å². The summed E-state index contributed by atoms with van der Waals surface area (Å²) in [6.45, 7) is 3.17. The number of hydrogen-bond donors (Lipinski definition) is 1. The molecule has 0 spiro atoms. The predicted octanol–water partition coefficient (Wildman–Crippen LogP) is 4.06. The summed E-state index contributed by atoms with van der Waals surface area (Å²) < 4.78 is 5.71. The van der Waals surface area contributed by atoms with Gasteiger partial charge in [0.2, 0.25) is 0 Å². The Bertz CT molecular complexity index is 678. The van der Waals surface area contributed by atoms with Gasteiger partial charge in [-0.3, -0.25) is 10.2 Å². The van der Waals surface area contributed by atoms with Gasteiger partial charge in [0.15, 0.2) is 0 Å². The average molecular weight is 328 g/mol. The summed E-state index contributed by atoms with van der Waals surface area (Å²) in [7, 11) is 0. The van der Waals surface area contributed by atoms with Crippen LogP contribution in [-0.4, -0.2) is 36.7 Å². The molecule has 0 saturated carbocycles. The molecule has 3 fully saturated rings. The molecule has 5 heteroatoms. The van der Waals surface area contributed by atoms with E-state index in [-0.39, 0.29) is 12.2 Å². The zero-order valence-electron chi connectivity index (χ0n) is 12.9. The van der Waals surface area contributed by atoms with Crippen molar-refractivity contribution in [2.75, 3.05) is 25.0 Å². The lowest BCUT2D eigenvalue weighted by Gasteiger charge is -2.43. The number of nitrogens with one attached hydrogen (secondary N) is 1. The highest BCUT2D eigenvalue weighted by Gasteiger charge is 2.36. The van der Waals surface area contributed by atoms with Gasteiger partial charge in [-0.15, -0.1) is 11.3 Å². The zero-order chi connectivity index (χ0) is 15.6. The number of benzene rings is 1. The number of para-hydroxylation sites is 1. The Morgan fingerprint density at radius 3 is 2.70 bits per heavy atom. The molecule has 1 aromatic carbocycles. The maximum atomic E-state index is 12.3. The van der Waals surface area contributed by atoms with Gasteiger partial charge >= 0.3 is 6.09 Å². The third kappa shape index (κ3) is 3.12. The van der Waals surface area contributed by atoms with E-state index in [0.717, 1.165) is 48.6 Å². The van der Waals surface area contributed by atoms with E-state index in [1.54, 1.807) is 11.3 Å². The van der Waals surface area contributed by atoms with Crippen molar-refractivity contribution in [2.45, 2.75) is 18.9 Å². The van der Waals surface area contributed by atoms with Gasteiger partial charge in [-0.05, 0) is 49.4 Å². The number of carbonyl (C=O) groups excluding carboxylic acids is 1. The van der Waals surface area contributed by atoms with Crippen molar-refractivity contribution in [3.8, 4) is 10.4 Å². The smallest absolute Gasteiger partial charge is 0.411 e. The largest absolute Gasteiger partial charge is 0.444 e. The van der Waals surface area contributed by atoms with Crippen molar-refractivity contribution in [1.29, 1.82) is 0 Å². The van der Waals surface area contributed by atoms with Crippen molar-refractivity contribution in [1.82, 2.24) is 4.90 Å².